The van der Waals surface area contributed by atoms with Gasteiger partial charge in [0.15, 0.2) is 0 Å². The van der Waals surface area contributed by atoms with Crippen LogP contribution in [0.3, 0.4) is 0 Å². The third-order valence-corrected chi connectivity index (χ3v) is 0.809. The zero-order valence-electron chi connectivity index (χ0n) is 3.24. The second-order valence-electron chi connectivity index (χ2n) is 0.560. The van der Waals surface area contributed by atoms with E-state index in [1.165, 1.54) is 0 Å². The van der Waals surface area contributed by atoms with E-state index >= 15 is 0 Å². The van der Waals surface area contributed by atoms with E-state index in [4.69, 9.17) is 9.79 Å². The Morgan fingerprint density at radius 2 is 1.71 bits per heavy atom. The molecule has 0 rings (SSSR count). The van der Waals surface area contributed by atoms with E-state index in [2.05, 4.69) is 15.9 Å². The molecule has 0 saturated heterocycles. The van der Waals surface area contributed by atoms with E-state index in [0.717, 1.165) is 0 Å². The Bertz CT molecular complexity index is 75.8. The number of hydrogen-bond donors (Lipinski definition) is 3. The van der Waals surface area contributed by atoms with Crippen LogP contribution < -0.4 is 6.15 Å². The van der Waals surface area contributed by atoms with E-state index in [9.17, 15) is 4.57 Å². The minimum Gasteiger partial charge on any atom is -0.344 e. The van der Waals surface area contributed by atoms with Crippen LogP contribution in [0.2, 0.25) is 0 Å². The van der Waals surface area contributed by atoms with Gasteiger partial charge in [0.05, 0.1) is 11.9 Å². The molecule has 0 fully saturated rings. The van der Waals surface area contributed by atoms with Crippen LogP contribution in [-0.4, -0.2) is 9.79 Å². The summed E-state index contributed by atoms with van der Waals surface area (Å²) in [5.41, 5.74) is 0. The van der Waals surface area contributed by atoms with Gasteiger partial charge in [-0.25, -0.2) is 4.57 Å². The molecule has 0 heterocycles. The maximum absolute atomic E-state index is 9.34. The van der Waals surface area contributed by atoms with Crippen LogP contribution in [-0.2, 0) is 8.64 Å². The van der Waals surface area contributed by atoms with Gasteiger partial charge in [-0.1, -0.05) is 0 Å². The Balaban J connectivity index is 0. The summed E-state index contributed by atoms with van der Waals surface area (Å²) in [5, 5.41) is 0. The van der Waals surface area contributed by atoms with Crippen molar-refractivity contribution in [2.45, 2.75) is 0 Å². The lowest BCUT2D eigenvalue weighted by Crippen LogP contribution is -1.70. The van der Waals surface area contributed by atoms with Crippen LogP contribution in [0.25, 0.3) is 0 Å². The fourth-order valence-corrected chi connectivity index (χ4v) is 0. The summed E-state index contributed by atoms with van der Waals surface area (Å²) in [5.74, 6) is 0. The molecule has 0 radical (unpaired) electrons. The van der Waals surface area contributed by atoms with Gasteiger partial charge in [0.25, 0.3) is 0 Å². The van der Waals surface area contributed by atoms with E-state index < -0.39 is 7.82 Å². The fraction of sp³-hybridized carbons (Fsp3) is 0. The molecule has 0 unspecified atom stereocenters. The SMILES string of the molecule is N.O=P(O)(O)OCl. The quantitative estimate of drug-likeness (QED) is 0.469. The minimum atomic E-state index is -4.38. The molecule has 7 heavy (non-hydrogen) atoms. The Hall–Kier alpha value is 0.360. The van der Waals surface area contributed by atoms with Crippen molar-refractivity contribution >= 4 is 19.7 Å². The first-order chi connectivity index (χ1) is 2.56. The van der Waals surface area contributed by atoms with Gasteiger partial charge in [-0.15, -0.1) is 0 Å². The molecule has 7 heteroatoms. The Morgan fingerprint density at radius 3 is 1.71 bits per heavy atom. The van der Waals surface area contributed by atoms with Gasteiger partial charge in [0, 0.05) is 0 Å². The topological polar surface area (TPSA) is 102 Å². The Morgan fingerprint density at radius 1 is 1.57 bits per heavy atom. The number of halogens is 1. The largest absolute Gasteiger partial charge is 0.486 e. The Kier molecular flexibility index (Phi) is 4.99. The molecule has 0 saturated carbocycles. The number of phosphoric acid groups is 1. The zero-order valence-corrected chi connectivity index (χ0v) is 4.89. The van der Waals surface area contributed by atoms with Crippen molar-refractivity contribution in [3.8, 4) is 0 Å². The summed E-state index contributed by atoms with van der Waals surface area (Å²) >= 11 is 4.21. The third kappa shape index (κ3) is 10.7. The highest BCUT2D eigenvalue weighted by Gasteiger charge is 2.10. The van der Waals surface area contributed by atoms with Crippen LogP contribution in [0.5, 0.6) is 0 Å². The van der Waals surface area contributed by atoms with Crippen molar-refractivity contribution < 1.29 is 18.4 Å². The van der Waals surface area contributed by atoms with Gasteiger partial charge in [-0.2, -0.15) is 4.08 Å². The van der Waals surface area contributed by atoms with Crippen LogP contribution in [0, 0.1) is 0 Å². The summed E-state index contributed by atoms with van der Waals surface area (Å²) in [4.78, 5) is 15.2. The van der Waals surface area contributed by atoms with Crippen molar-refractivity contribution in [2.75, 3.05) is 0 Å². The molecule has 5 nitrogen and oxygen atoms in total. The lowest BCUT2D eigenvalue weighted by Gasteiger charge is -1.89. The van der Waals surface area contributed by atoms with Gasteiger partial charge < -0.3 is 15.9 Å². The molecular weight excluding hydrogens is 144 g/mol. The van der Waals surface area contributed by atoms with Crippen LogP contribution in [0.4, 0.5) is 0 Å². The van der Waals surface area contributed by atoms with Crippen molar-refractivity contribution in [1.29, 1.82) is 0 Å². The second kappa shape index (κ2) is 3.37. The zero-order chi connectivity index (χ0) is 5.21. The molecule has 0 spiro atoms. The van der Waals surface area contributed by atoms with E-state index in [1.807, 2.05) is 0 Å². The molecule has 0 aliphatic carbocycles. The lowest BCUT2D eigenvalue weighted by molar-refractivity contribution is 0.292. The normalized spacial score (nSPS) is 10.1. The van der Waals surface area contributed by atoms with Crippen molar-refractivity contribution in [1.82, 2.24) is 6.15 Å². The average molecular weight is 149 g/mol. The number of hydrogen-bond acceptors (Lipinski definition) is 3. The van der Waals surface area contributed by atoms with Gasteiger partial charge in [-0.05, 0) is 0 Å². The van der Waals surface area contributed by atoms with Gasteiger partial charge in [-0.3, -0.25) is 0 Å². The first-order valence-electron chi connectivity index (χ1n) is 0.919. The molecule has 0 bridgehead atoms. The van der Waals surface area contributed by atoms with Gasteiger partial charge >= 0.3 is 7.82 Å². The molecule has 0 aromatic carbocycles. The minimum absolute atomic E-state index is 0. The van der Waals surface area contributed by atoms with Gasteiger partial charge in [0.2, 0.25) is 0 Å². The predicted octanol–water partition coefficient (Wildman–Crippen LogP) is 0.411. The lowest BCUT2D eigenvalue weighted by atomic mass is 14.0. The summed E-state index contributed by atoms with van der Waals surface area (Å²) in [7, 11) is -4.38. The summed E-state index contributed by atoms with van der Waals surface area (Å²) in [6.07, 6.45) is 0. The van der Waals surface area contributed by atoms with E-state index in [-0.39, 0.29) is 6.15 Å². The highest BCUT2D eigenvalue weighted by Crippen LogP contribution is 2.36. The van der Waals surface area contributed by atoms with E-state index in [1.54, 1.807) is 0 Å². The molecule has 0 atom stereocenters. The molecular formula is H5ClNO4P. The maximum Gasteiger partial charge on any atom is 0.486 e. The molecule has 5 N–H and O–H groups in total. The van der Waals surface area contributed by atoms with Crippen molar-refractivity contribution in [3.63, 3.8) is 0 Å². The Labute approximate surface area is 45.2 Å². The smallest absolute Gasteiger partial charge is 0.344 e. The summed E-state index contributed by atoms with van der Waals surface area (Å²) < 4.78 is 12.4. The number of rotatable bonds is 1. The summed E-state index contributed by atoms with van der Waals surface area (Å²) in [6.45, 7) is 0. The molecule has 0 aliphatic rings. The molecule has 0 aromatic heterocycles. The first kappa shape index (κ1) is 10.4. The van der Waals surface area contributed by atoms with Crippen molar-refractivity contribution in [3.05, 3.63) is 0 Å². The second-order valence-corrected chi connectivity index (χ2v) is 2.09. The standard InChI is InChI=1S/ClH2O4P.H3N/c1-5-6(2,3)4;/h(H2,2,3,4);1H3. The monoisotopic (exact) mass is 149 g/mol. The summed E-state index contributed by atoms with van der Waals surface area (Å²) in [6, 6.07) is 0. The highest BCUT2D eigenvalue weighted by atomic mass is 35.5. The highest BCUT2D eigenvalue weighted by molar-refractivity contribution is 7.47. The van der Waals surface area contributed by atoms with Crippen molar-refractivity contribution in [2.24, 2.45) is 0 Å². The fourth-order valence-electron chi connectivity index (χ4n) is 0. The van der Waals surface area contributed by atoms with Crippen LogP contribution in [0.15, 0.2) is 0 Å². The molecule has 0 aromatic rings. The first-order valence-corrected chi connectivity index (χ1v) is 2.76. The van der Waals surface area contributed by atoms with Crippen LogP contribution in [0.1, 0.15) is 0 Å². The van der Waals surface area contributed by atoms with Crippen LogP contribution >= 0.6 is 19.7 Å². The molecule has 0 aliphatic heterocycles. The van der Waals surface area contributed by atoms with E-state index in [0.29, 0.717) is 0 Å². The third-order valence-electron chi connectivity index (χ3n) is 0.0899. The molecule has 46 valence electrons. The van der Waals surface area contributed by atoms with Gasteiger partial charge in [0.1, 0.15) is 0 Å². The maximum atomic E-state index is 9.34. The predicted molar refractivity (Wildman–Crippen MR) is 24.0 cm³/mol. The average Bonchev–Trinajstić information content (AvgIpc) is 1.35. The molecule has 0 amide bonds.